The third kappa shape index (κ3) is 4.20. The molecule has 5 rings (SSSR count). The molecule has 0 saturated carbocycles. The first-order chi connectivity index (χ1) is 14.9. The maximum atomic E-state index is 6.36. The molecular weight excluding hydrogens is 368 g/mol. The fourth-order valence-electron chi connectivity index (χ4n) is 3.89. The molecule has 0 aliphatic carbocycles. The van der Waals surface area contributed by atoms with Gasteiger partial charge < -0.3 is 9.47 Å². The molecule has 1 heterocycles. The summed E-state index contributed by atoms with van der Waals surface area (Å²) < 4.78 is 12.3. The van der Waals surface area contributed by atoms with Crippen molar-refractivity contribution in [1.82, 2.24) is 0 Å². The van der Waals surface area contributed by atoms with Gasteiger partial charge in [-0.25, -0.2) is 0 Å². The summed E-state index contributed by atoms with van der Waals surface area (Å²) in [6.07, 6.45) is 0.127. The Morgan fingerprint density at radius 1 is 0.600 bits per heavy atom. The molecule has 0 unspecified atom stereocenters. The van der Waals surface area contributed by atoms with Crippen LogP contribution in [0.4, 0.5) is 0 Å². The van der Waals surface area contributed by atoms with Crippen LogP contribution in [-0.4, -0.2) is 12.7 Å². The smallest absolute Gasteiger partial charge is 0.112 e. The van der Waals surface area contributed by atoms with Gasteiger partial charge in [0, 0.05) is 0 Å². The topological polar surface area (TPSA) is 21.8 Å². The first-order valence-corrected chi connectivity index (χ1v) is 10.4. The first-order valence-electron chi connectivity index (χ1n) is 10.4. The van der Waals surface area contributed by atoms with Crippen LogP contribution in [0.25, 0.3) is 11.1 Å². The molecule has 1 saturated heterocycles. The molecular formula is C28H24O2. The Hall–Kier alpha value is -3.20. The number of hydrogen-bond donors (Lipinski definition) is 0. The van der Waals surface area contributed by atoms with Gasteiger partial charge in [0.05, 0.1) is 6.61 Å². The fourth-order valence-corrected chi connectivity index (χ4v) is 3.89. The zero-order chi connectivity index (χ0) is 20.2. The molecule has 0 aromatic heterocycles. The van der Waals surface area contributed by atoms with Gasteiger partial charge in [-0.15, -0.1) is 0 Å². The number of epoxide rings is 1. The van der Waals surface area contributed by atoms with Crippen LogP contribution in [0, 0.1) is 0 Å². The van der Waals surface area contributed by atoms with E-state index in [1.807, 2.05) is 18.2 Å². The van der Waals surface area contributed by atoms with Crippen LogP contribution in [0.2, 0.25) is 0 Å². The minimum atomic E-state index is -0.0855. The molecule has 0 amide bonds. The molecule has 2 nitrogen and oxygen atoms in total. The van der Waals surface area contributed by atoms with Gasteiger partial charge in [-0.05, 0) is 27.8 Å². The maximum absolute atomic E-state index is 6.36. The monoisotopic (exact) mass is 392 g/mol. The predicted molar refractivity (Wildman–Crippen MR) is 120 cm³/mol. The molecule has 2 atom stereocenters. The SMILES string of the molecule is c1ccc(-c2ccc([C@H]3O[C@H]3COC(c3ccccc3)c3ccccc3)cc2)cc1. The van der Waals surface area contributed by atoms with Crippen LogP contribution in [-0.2, 0) is 9.47 Å². The third-order valence-corrected chi connectivity index (χ3v) is 5.56. The van der Waals surface area contributed by atoms with E-state index < -0.39 is 0 Å². The number of ether oxygens (including phenoxy) is 2. The van der Waals surface area contributed by atoms with E-state index in [1.54, 1.807) is 0 Å². The van der Waals surface area contributed by atoms with Crippen LogP contribution < -0.4 is 0 Å². The van der Waals surface area contributed by atoms with E-state index in [1.165, 1.54) is 16.7 Å². The highest BCUT2D eigenvalue weighted by Crippen LogP contribution is 2.40. The van der Waals surface area contributed by atoms with Crippen LogP contribution in [0.1, 0.15) is 28.9 Å². The highest BCUT2D eigenvalue weighted by molar-refractivity contribution is 5.63. The van der Waals surface area contributed by atoms with Gasteiger partial charge in [0.2, 0.25) is 0 Å². The van der Waals surface area contributed by atoms with Crippen molar-refractivity contribution in [3.63, 3.8) is 0 Å². The number of rotatable bonds is 7. The van der Waals surface area contributed by atoms with Crippen molar-refractivity contribution in [3.05, 3.63) is 132 Å². The lowest BCUT2D eigenvalue weighted by Gasteiger charge is -2.18. The summed E-state index contributed by atoms with van der Waals surface area (Å²) in [5.41, 5.74) is 5.98. The summed E-state index contributed by atoms with van der Waals surface area (Å²) >= 11 is 0. The van der Waals surface area contributed by atoms with Gasteiger partial charge in [-0.3, -0.25) is 0 Å². The fraction of sp³-hybridized carbons (Fsp3) is 0.143. The van der Waals surface area contributed by atoms with E-state index >= 15 is 0 Å². The van der Waals surface area contributed by atoms with E-state index in [2.05, 4.69) is 97.1 Å². The Morgan fingerprint density at radius 2 is 1.10 bits per heavy atom. The Bertz CT molecular complexity index is 1020. The van der Waals surface area contributed by atoms with Gasteiger partial charge in [0.25, 0.3) is 0 Å². The molecule has 1 aliphatic heterocycles. The molecule has 4 aromatic carbocycles. The third-order valence-electron chi connectivity index (χ3n) is 5.56. The van der Waals surface area contributed by atoms with Crippen molar-refractivity contribution in [3.8, 4) is 11.1 Å². The summed E-state index contributed by atoms with van der Waals surface area (Å²) in [4.78, 5) is 0. The Labute approximate surface area is 177 Å². The summed E-state index contributed by atoms with van der Waals surface area (Å²) in [7, 11) is 0. The highest BCUT2D eigenvalue weighted by atomic mass is 16.6. The quantitative estimate of drug-likeness (QED) is 0.331. The molecule has 30 heavy (non-hydrogen) atoms. The lowest BCUT2D eigenvalue weighted by atomic mass is 10.0. The second kappa shape index (κ2) is 8.66. The summed E-state index contributed by atoms with van der Waals surface area (Å²) in [5, 5.41) is 0. The molecule has 0 N–H and O–H groups in total. The summed E-state index contributed by atoms with van der Waals surface area (Å²) in [5.74, 6) is 0. The second-order valence-electron chi connectivity index (χ2n) is 7.62. The lowest BCUT2D eigenvalue weighted by Crippen LogP contribution is -2.11. The Kier molecular flexibility index (Phi) is 5.43. The normalized spacial score (nSPS) is 17.8. The van der Waals surface area contributed by atoms with Crippen molar-refractivity contribution >= 4 is 0 Å². The average Bonchev–Trinajstić information content (AvgIpc) is 3.61. The number of benzene rings is 4. The van der Waals surface area contributed by atoms with Gasteiger partial charge in [0.15, 0.2) is 0 Å². The van der Waals surface area contributed by atoms with Crippen molar-refractivity contribution in [2.45, 2.75) is 18.3 Å². The average molecular weight is 392 g/mol. The molecule has 1 aliphatic rings. The zero-order valence-corrected chi connectivity index (χ0v) is 16.7. The molecule has 148 valence electrons. The largest absolute Gasteiger partial charge is 0.366 e. The van der Waals surface area contributed by atoms with Crippen LogP contribution in [0.5, 0.6) is 0 Å². The minimum absolute atomic E-state index is 0.0855. The zero-order valence-electron chi connectivity index (χ0n) is 16.7. The standard InChI is InChI=1S/C28H24O2/c1-4-10-21(11-5-1)22-16-18-25(19-17-22)28-26(30-28)20-29-27(23-12-6-2-7-13-23)24-14-8-3-9-15-24/h1-19,26-28H,20H2/t26-,28+/m0/s1. The van der Waals surface area contributed by atoms with E-state index in [-0.39, 0.29) is 18.3 Å². The van der Waals surface area contributed by atoms with E-state index in [0.717, 1.165) is 11.1 Å². The van der Waals surface area contributed by atoms with Gasteiger partial charge in [-0.1, -0.05) is 115 Å². The predicted octanol–water partition coefficient (Wildman–Crippen LogP) is 6.60. The van der Waals surface area contributed by atoms with Crippen molar-refractivity contribution in [2.24, 2.45) is 0 Å². The highest BCUT2D eigenvalue weighted by Gasteiger charge is 2.40. The van der Waals surface area contributed by atoms with Crippen LogP contribution >= 0.6 is 0 Å². The van der Waals surface area contributed by atoms with Crippen molar-refractivity contribution in [2.75, 3.05) is 6.61 Å². The van der Waals surface area contributed by atoms with E-state index in [0.29, 0.717) is 6.61 Å². The van der Waals surface area contributed by atoms with Gasteiger partial charge in [0.1, 0.15) is 18.3 Å². The van der Waals surface area contributed by atoms with Crippen molar-refractivity contribution < 1.29 is 9.47 Å². The molecule has 0 spiro atoms. The van der Waals surface area contributed by atoms with E-state index in [9.17, 15) is 0 Å². The summed E-state index contributed by atoms with van der Waals surface area (Å²) in [6.45, 7) is 0.569. The van der Waals surface area contributed by atoms with E-state index in [4.69, 9.17) is 9.47 Å². The molecule has 0 bridgehead atoms. The molecule has 0 radical (unpaired) electrons. The Balaban J connectivity index is 1.25. The maximum Gasteiger partial charge on any atom is 0.112 e. The van der Waals surface area contributed by atoms with Crippen molar-refractivity contribution in [1.29, 1.82) is 0 Å². The van der Waals surface area contributed by atoms with Gasteiger partial charge >= 0.3 is 0 Å². The Morgan fingerprint density at radius 3 is 1.67 bits per heavy atom. The lowest BCUT2D eigenvalue weighted by molar-refractivity contribution is 0.0672. The second-order valence-corrected chi connectivity index (χ2v) is 7.62. The minimum Gasteiger partial charge on any atom is -0.366 e. The van der Waals surface area contributed by atoms with Crippen LogP contribution in [0.3, 0.4) is 0 Å². The molecule has 2 heteroatoms. The first kappa shape index (κ1) is 18.8. The summed E-state index contributed by atoms with van der Waals surface area (Å²) in [6, 6.07) is 39.9. The molecule has 4 aromatic rings. The number of hydrogen-bond acceptors (Lipinski definition) is 2. The van der Waals surface area contributed by atoms with Gasteiger partial charge in [-0.2, -0.15) is 0 Å². The molecule has 1 fully saturated rings. The van der Waals surface area contributed by atoms with Crippen LogP contribution in [0.15, 0.2) is 115 Å².